The molecule has 0 saturated heterocycles. The summed E-state index contributed by atoms with van der Waals surface area (Å²) in [4.78, 5) is 0. The summed E-state index contributed by atoms with van der Waals surface area (Å²) in [6.45, 7) is 8.29. The largest absolute Gasteiger partial charge is 0.507 e. The molecule has 12 rings (SSSR count). The highest BCUT2D eigenvalue weighted by molar-refractivity contribution is 6.27. The number of aliphatic hydroxyl groups is 2. The molecule has 0 radical (unpaired) electrons. The van der Waals surface area contributed by atoms with Gasteiger partial charge in [-0.15, -0.1) is 0 Å². The predicted octanol–water partition coefficient (Wildman–Crippen LogP) is 14.6. The van der Waals surface area contributed by atoms with E-state index in [9.17, 15) is 15.3 Å². The molecule has 0 fully saturated rings. The van der Waals surface area contributed by atoms with E-state index in [0.717, 1.165) is 30.4 Å². The Morgan fingerprint density at radius 2 is 0.873 bits per heavy atom. The first-order chi connectivity index (χ1) is 30.7. The number of hydrogen-bond donors (Lipinski definition) is 3. The van der Waals surface area contributed by atoms with Crippen molar-refractivity contribution in [2.45, 2.75) is 51.7 Å². The molecule has 0 bridgehead atoms. The van der Waals surface area contributed by atoms with Gasteiger partial charge in [0.2, 0.25) is 0 Å². The number of aryl methyl sites for hydroxylation is 2. The van der Waals surface area contributed by atoms with Crippen LogP contribution in [0.25, 0.3) is 104 Å². The van der Waals surface area contributed by atoms with Gasteiger partial charge in [0.15, 0.2) is 0 Å². The zero-order valence-corrected chi connectivity index (χ0v) is 35.5. The van der Waals surface area contributed by atoms with Crippen LogP contribution in [0.5, 0.6) is 5.75 Å². The first kappa shape index (κ1) is 37.7. The van der Waals surface area contributed by atoms with Crippen molar-refractivity contribution in [3.8, 4) is 39.1 Å². The lowest BCUT2D eigenvalue weighted by molar-refractivity contribution is 0.263. The van der Waals surface area contributed by atoms with E-state index in [2.05, 4.69) is 154 Å². The minimum absolute atomic E-state index is 0.0150. The number of aliphatic hydroxyl groups excluding tert-OH is 2. The number of rotatable bonds is 9. The average Bonchev–Trinajstić information content (AvgIpc) is 3.54. The van der Waals surface area contributed by atoms with Crippen LogP contribution in [0.2, 0.25) is 0 Å². The maximum absolute atomic E-state index is 10.3. The van der Waals surface area contributed by atoms with Crippen molar-refractivity contribution < 1.29 is 15.3 Å². The fourth-order valence-corrected chi connectivity index (χ4v) is 11.3. The maximum Gasteiger partial charge on any atom is 0.126 e. The molecule has 11 aromatic carbocycles. The summed E-state index contributed by atoms with van der Waals surface area (Å²) >= 11 is 0. The Morgan fingerprint density at radius 3 is 1.35 bits per heavy atom. The van der Waals surface area contributed by atoms with Gasteiger partial charge in [0.05, 0.1) is 13.2 Å². The Balaban J connectivity index is 0.882. The highest BCUT2D eigenvalue weighted by Gasteiger charge is 2.36. The van der Waals surface area contributed by atoms with Gasteiger partial charge in [-0.25, -0.2) is 0 Å². The topological polar surface area (TPSA) is 60.7 Å². The fraction of sp³-hybridized carbons (Fsp3) is 0.133. The van der Waals surface area contributed by atoms with Crippen LogP contribution in [0.4, 0.5) is 0 Å². The van der Waals surface area contributed by atoms with Crippen LogP contribution in [0.15, 0.2) is 152 Å². The van der Waals surface area contributed by atoms with Gasteiger partial charge in [-0.05, 0) is 181 Å². The zero-order valence-electron chi connectivity index (χ0n) is 35.5. The normalized spacial score (nSPS) is 13.3. The molecule has 11 aromatic rings. The van der Waals surface area contributed by atoms with Gasteiger partial charge in [0, 0.05) is 16.5 Å². The Labute approximate surface area is 366 Å². The minimum atomic E-state index is -0.257. The Kier molecular flexibility index (Phi) is 8.37. The third kappa shape index (κ3) is 5.66. The molecule has 0 aromatic heterocycles. The van der Waals surface area contributed by atoms with Crippen LogP contribution in [-0.2, 0) is 31.5 Å². The molecule has 304 valence electrons. The highest BCUT2D eigenvalue weighted by Crippen LogP contribution is 2.52. The standard InChI is InChI=1S/C60H46O3/c1-4-34-24-41-10-8-37-12-18-47(51-22-16-43(25-34)55(41)57(37)51)39-14-20-49-50-21-15-40(31-54(50)60(2,3)53(49)30-39)48-19-13-38-9-11-42-26-35(27-44-17-23-52(48)58(38)56(42)44)6-5-7-36-28-45(32-61)59(63)46(29-36)33-62/h4,8-31,61-63H,1,5-7,32-33H2,2-3H3. The first-order valence-corrected chi connectivity index (χ1v) is 22.1. The van der Waals surface area contributed by atoms with Crippen LogP contribution in [0.1, 0.15) is 59.2 Å². The molecule has 1 aliphatic rings. The first-order valence-electron chi connectivity index (χ1n) is 22.1. The number of benzene rings is 11. The van der Waals surface area contributed by atoms with Crippen LogP contribution < -0.4 is 0 Å². The highest BCUT2D eigenvalue weighted by atomic mass is 16.3. The quantitative estimate of drug-likeness (QED) is 0.127. The van der Waals surface area contributed by atoms with Gasteiger partial charge in [-0.1, -0.05) is 136 Å². The van der Waals surface area contributed by atoms with Crippen LogP contribution >= 0.6 is 0 Å². The molecular weight excluding hydrogens is 769 g/mol. The van der Waals surface area contributed by atoms with Crippen molar-refractivity contribution in [3.05, 3.63) is 191 Å². The van der Waals surface area contributed by atoms with E-state index >= 15 is 0 Å². The number of aromatic hydroxyl groups is 1. The monoisotopic (exact) mass is 814 g/mol. The van der Waals surface area contributed by atoms with Gasteiger partial charge in [0.1, 0.15) is 5.75 Å². The van der Waals surface area contributed by atoms with E-state index in [1.165, 1.54) is 115 Å². The number of phenols is 1. The maximum atomic E-state index is 10.3. The number of fused-ring (bicyclic) bond motifs is 3. The molecule has 63 heavy (non-hydrogen) atoms. The van der Waals surface area contributed by atoms with E-state index in [-0.39, 0.29) is 24.4 Å². The molecule has 3 nitrogen and oxygen atoms in total. The summed E-state index contributed by atoms with van der Waals surface area (Å²) in [6, 6.07) is 54.6. The van der Waals surface area contributed by atoms with Gasteiger partial charge < -0.3 is 15.3 Å². The van der Waals surface area contributed by atoms with Crippen LogP contribution in [-0.4, -0.2) is 15.3 Å². The minimum Gasteiger partial charge on any atom is -0.507 e. The van der Waals surface area contributed by atoms with Gasteiger partial charge in [-0.2, -0.15) is 0 Å². The van der Waals surface area contributed by atoms with Crippen molar-refractivity contribution in [3.63, 3.8) is 0 Å². The second kappa shape index (κ2) is 14.0. The third-order valence-electron chi connectivity index (χ3n) is 14.4. The SMILES string of the molecule is C=Cc1cc2ccc3ccc(-c4ccc5c(c4)C(C)(C)c4cc(-c6ccc7ccc8cc(CCCc9cc(CO)c(O)c(CO)c9)cc9ccc6c7c89)ccc4-5)c4ccc(c1)c2c34. The molecule has 0 atom stereocenters. The summed E-state index contributed by atoms with van der Waals surface area (Å²) in [7, 11) is 0. The zero-order chi connectivity index (χ0) is 42.7. The molecule has 3 N–H and O–H groups in total. The summed E-state index contributed by atoms with van der Waals surface area (Å²) in [5.74, 6) is -0.0150. The van der Waals surface area contributed by atoms with E-state index < -0.39 is 0 Å². The lowest BCUT2D eigenvalue weighted by Crippen LogP contribution is -2.15. The molecule has 0 heterocycles. The van der Waals surface area contributed by atoms with Gasteiger partial charge in [-0.3, -0.25) is 0 Å². The van der Waals surface area contributed by atoms with Crippen molar-refractivity contribution >= 4 is 70.7 Å². The molecular formula is C60H46O3. The Bertz CT molecular complexity index is 3620. The van der Waals surface area contributed by atoms with Gasteiger partial charge >= 0.3 is 0 Å². The Morgan fingerprint density at radius 1 is 0.460 bits per heavy atom. The summed E-state index contributed by atoms with van der Waals surface area (Å²) in [6.07, 6.45) is 4.54. The predicted molar refractivity (Wildman–Crippen MR) is 264 cm³/mol. The average molecular weight is 815 g/mol. The van der Waals surface area contributed by atoms with Crippen molar-refractivity contribution in [2.24, 2.45) is 0 Å². The van der Waals surface area contributed by atoms with Crippen LogP contribution in [0.3, 0.4) is 0 Å². The smallest absolute Gasteiger partial charge is 0.126 e. The van der Waals surface area contributed by atoms with Crippen molar-refractivity contribution in [1.82, 2.24) is 0 Å². The molecule has 0 aliphatic heterocycles. The van der Waals surface area contributed by atoms with Crippen LogP contribution in [0, 0.1) is 0 Å². The lowest BCUT2D eigenvalue weighted by Gasteiger charge is -2.23. The molecule has 0 amide bonds. The van der Waals surface area contributed by atoms with Crippen molar-refractivity contribution in [1.29, 1.82) is 0 Å². The third-order valence-corrected chi connectivity index (χ3v) is 14.4. The van der Waals surface area contributed by atoms with E-state index in [1.54, 1.807) is 0 Å². The molecule has 0 spiro atoms. The van der Waals surface area contributed by atoms with Gasteiger partial charge in [0.25, 0.3) is 0 Å². The van der Waals surface area contributed by atoms with E-state index in [0.29, 0.717) is 11.1 Å². The molecule has 0 saturated carbocycles. The van der Waals surface area contributed by atoms with E-state index in [1.807, 2.05) is 18.2 Å². The second-order valence-electron chi connectivity index (χ2n) is 18.3. The molecule has 3 heteroatoms. The summed E-state index contributed by atoms with van der Waals surface area (Å²) < 4.78 is 0. The summed E-state index contributed by atoms with van der Waals surface area (Å²) in [5, 5.41) is 45.2. The van der Waals surface area contributed by atoms with E-state index in [4.69, 9.17) is 0 Å². The molecule has 1 aliphatic carbocycles. The Hall–Kier alpha value is -7.04. The fourth-order valence-electron chi connectivity index (χ4n) is 11.3. The molecule has 0 unspecified atom stereocenters. The summed E-state index contributed by atoms with van der Waals surface area (Å²) in [5.41, 5.74) is 14.6. The van der Waals surface area contributed by atoms with Crippen molar-refractivity contribution in [2.75, 3.05) is 0 Å². The second-order valence-corrected chi connectivity index (χ2v) is 18.3. The lowest BCUT2D eigenvalue weighted by atomic mass is 9.80. The number of hydrogen-bond acceptors (Lipinski definition) is 3.